The lowest BCUT2D eigenvalue weighted by molar-refractivity contribution is -0.122. The molecule has 1 aliphatic heterocycles. The van der Waals surface area contributed by atoms with E-state index < -0.39 is 0 Å². The molecule has 1 aliphatic carbocycles. The van der Waals surface area contributed by atoms with E-state index >= 15 is 0 Å². The largest absolute Gasteiger partial charge is 0.379 e. The van der Waals surface area contributed by atoms with Crippen molar-refractivity contribution >= 4 is 11.8 Å². The Morgan fingerprint density at radius 1 is 1.31 bits per heavy atom. The van der Waals surface area contributed by atoms with E-state index in [2.05, 4.69) is 10.4 Å². The fourth-order valence-electron chi connectivity index (χ4n) is 3.94. The van der Waals surface area contributed by atoms with Crippen molar-refractivity contribution in [3.8, 4) is 0 Å². The summed E-state index contributed by atoms with van der Waals surface area (Å²) in [6.45, 7) is 5.46. The minimum absolute atomic E-state index is 0.0380. The van der Waals surface area contributed by atoms with Gasteiger partial charge in [-0.05, 0) is 33.1 Å². The van der Waals surface area contributed by atoms with Gasteiger partial charge in [-0.2, -0.15) is 5.10 Å². The summed E-state index contributed by atoms with van der Waals surface area (Å²) in [4.78, 5) is 27.0. The van der Waals surface area contributed by atoms with Crippen molar-refractivity contribution in [2.45, 2.75) is 77.0 Å². The van der Waals surface area contributed by atoms with Crippen LogP contribution in [-0.4, -0.2) is 57.8 Å². The van der Waals surface area contributed by atoms with Crippen molar-refractivity contribution in [2.24, 2.45) is 0 Å². The Labute approximate surface area is 155 Å². The second-order valence-corrected chi connectivity index (χ2v) is 7.65. The molecule has 1 saturated heterocycles. The van der Waals surface area contributed by atoms with E-state index in [4.69, 9.17) is 4.74 Å². The predicted molar refractivity (Wildman–Crippen MR) is 97.8 cm³/mol. The van der Waals surface area contributed by atoms with Gasteiger partial charge in [-0.3, -0.25) is 14.3 Å². The normalized spacial score (nSPS) is 21.1. The number of rotatable bonds is 6. The lowest BCUT2D eigenvalue weighted by atomic mass is 9.95. The summed E-state index contributed by atoms with van der Waals surface area (Å²) >= 11 is 0. The Morgan fingerprint density at radius 2 is 2.08 bits per heavy atom. The Morgan fingerprint density at radius 3 is 2.73 bits per heavy atom. The average molecular weight is 362 g/mol. The van der Waals surface area contributed by atoms with E-state index in [0.717, 1.165) is 19.3 Å². The Kier molecular flexibility index (Phi) is 6.29. The molecule has 1 aromatic heterocycles. The molecule has 0 bridgehead atoms. The van der Waals surface area contributed by atoms with Crippen LogP contribution in [0, 0.1) is 0 Å². The maximum atomic E-state index is 12.9. The van der Waals surface area contributed by atoms with Crippen molar-refractivity contribution in [3.63, 3.8) is 0 Å². The van der Waals surface area contributed by atoms with E-state index in [-0.39, 0.29) is 36.5 Å². The molecule has 2 amide bonds. The van der Waals surface area contributed by atoms with Crippen LogP contribution in [0.15, 0.2) is 12.4 Å². The van der Waals surface area contributed by atoms with Gasteiger partial charge < -0.3 is 15.0 Å². The highest BCUT2D eigenvalue weighted by Gasteiger charge is 2.30. The quantitative estimate of drug-likeness (QED) is 0.839. The molecule has 0 radical (unpaired) electrons. The van der Waals surface area contributed by atoms with Crippen molar-refractivity contribution < 1.29 is 14.3 Å². The molecule has 2 aliphatic rings. The van der Waals surface area contributed by atoms with E-state index in [1.54, 1.807) is 17.1 Å². The molecule has 1 saturated carbocycles. The van der Waals surface area contributed by atoms with Gasteiger partial charge in [-0.15, -0.1) is 0 Å². The molecule has 2 heterocycles. The number of carbonyl (C=O) groups excluding carboxylic acids is 2. The third-order valence-electron chi connectivity index (χ3n) is 5.25. The van der Waals surface area contributed by atoms with Gasteiger partial charge >= 0.3 is 0 Å². The van der Waals surface area contributed by atoms with Gasteiger partial charge in [0.05, 0.1) is 24.4 Å². The van der Waals surface area contributed by atoms with Crippen molar-refractivity contribution in [1.29, 1.82) is 0 Å². The minimum atomic E-state index is -0.0468. The van der Waals surface area contributed by atoms with Crippen LogP contribution in [0.25, 0.3) is 0 Å². The fourth-order valence-corrected chi connectivity index (χ4v) is 3.94. The maximum absolute atomic E-state index is 12.9. The molecule has 2 fully saturated rings. The van der Waals surface area contributed by atoms with Crippen molar-refractivity contribution in [2.75, 3.05) is 13.2 Å². The summed E-state index contributed by atoms with van der Waals surface area (Å²) in [6, 6.07) is 0.485. The van der Waals surface area contributed by atoms with E-state index in [1.165, 1.54) is 19.3 Å². The first-order chi connectivity index (χ1) is 12.5. The van der Waals surface area contributed by atoms with Gasteiger partial charge in [0.25, 0.3) is 5.91 Å². The summed E-state index contributed by atoms with van der Waals surface area (Å²) in [5.41, 5.74) is 0.524. The van der Waals surface area contributed by atoms with E-state index in [0.29, 0.717) is 18.8 Å². The zero-order valence-corrected chi connectivity index (χ0v) is 15.8. The predicted octanol–water partition coefficient (Wildman–Crippen LogP) is 1.97. The van der Waals surface area contributed by atoms with Gasteiger partial charge in [-0.25, -0.2) is 0 Å². The molecule has 144 valence electrons. The molecule has 0 aromatic carbocycles. The first-order valence-electron chi connectivity index (χ1n) is 9.77. The molecule has 7 heteroatoms. The van der Waals surface area contributed by atoms with Crippen LogP contribution in [0.3, 0.4) is 0 Å². The number of nitrogens with one attached hydrogen (secondary N) is 1. The van der Waals surface area contributed by atoms with Gasteiger partial charge in [-0.1, -0.05) is 19.3 Å². The fraction of sp³-hybridized carbons (Fsp3) is 0.737. The Hall–Kier alpha value is -1.89. The molecular formula is C19H30N4O3. The molecule has 0 unspecified atom stereocenters. The molecule has 1 atom stereocenters. The number of hydrogen-bond donors (Lipinski definition) is 1. The van der Waals surface area contributed by atoms with Crippen LogP contribution in [0.2, 0.25) is 0 Å². The number of carbonyl (C=O) groups is 2. The lowest BCUT2D eigenvalue weighted by Gasteiger charge is -2.31. The minimum Gasteiger partial charge on any atom is -0.379 e. The molecule has 26 heavy (non-hydrogen) atoms. The first-order valence-corrected chi connectivity index (χ1v) is 9.77. The van der Waals surface area contributed by atoms with Gasteiger partial charge in [0.15, 0.2) is 0 Å². The van der Waals surface area contributed by atoms with E-state index in [1.807, 2.05) is 18.7 Å². The van der Waals surface area contributed by atoms with Crippen LogP contribution >= 0.6 is 0 Å². The molecule has 0 spiro atoms. The Balaban J connectivity index is 1.59. The molecule has 1 N–H and O–H groups in total. The van der Waals surface area contributed by atoms with Crippen LogP contribution in [0.5, 0.6) is 0 Å². The maximum Gasteiger partial charge on any atom is 0.257 e. The number of ether oxygens (including phenoxy) is 1. The van der Waals surface area contributed by atoms with Crippen LogP contribution in [0.4, 0.5) is 0 Å². The molecule has 1 aromatic rings. The Bertz CT molecular complexity index is 616. The zero-order chi connectivity index (χ0) is 18.5. The number of nitrogens with zero attached hydrogens (tertiary/aromatic N) is 3. The smallest absolute Gasteiger partial charge is 0.257 e. The van der Waals surface area contributed by atoms with Crippen molar-refractivity contribution in [1.82, 2.24) is 20.0 Å². The number of hydrogen-bond acceptors (Lipinski definition) is 4. The number of amides is 2. The highest BCUT2D eigenvalue weighted by atomic mass is 16.5. The lowest BCUT2D eigenvalue weighted by Crippen LogP contribution is -2.45. The summed E-state index contributed by atoms with van der Waals surface area (Å²) in [5.74, 6) is -0.0849. The summed E-state index contributed by atoms with van der Waals surface area (Å²) < 4.78 is 6.99. The SMILES string of the molecule is CC(C)N(C(=O)c1cnn(CC(=O)NC2CCCCC2)c1)[C@H]1CCOC1. The standard InChI is InChI=1S/C19H30N4O3/c1-14(2)23(17-8-9-26-13-17)19(25)15-10-20-22(11-15)12-18(24)21-16-6-4-3-5-7-16/h10-11,14,16-17H,3-9,12-13H2,1-2H3,(H,21,24)/t17-/m0/s1. The zero-order valence-electron chi connectivity index (χ0n) is 15.8. The van der Waals surface area contributed by atoms with Gasteiger partial charge in [0.1, 0.15) is 6.54 Å². The average Bonchev–Trinajstić information content (AvgIpc) is 3.27. The second kappa shape index (κ2) is 8.66. The van der Waals surface area contributed by atoms with Crippen LogP contribution in [-0.2, 0) is 16.1 Å². The third kappa shape index (κ3) is 4.63. The molecular weight excluding hydrogens is 332 g/mol. The summed E-state index contributed by atoms with van der Waals surface area (Å²) in [5, 5.41) is 7.30. The molecule has 7 nitrogen and oxygen atoms in total. The highest BCUT2D eigenvalue weighted by Crippen LogP contribution is 2.19. The molecule has 3 rings (SSSR count). The number of aromatic nitrogens is 2. The third-order valence-corrected chi connectivity index (χ3v) is 5.25. The highest BCUT2D eigenvalue weighted by molar-refractivity contribution is 5.94. The topological polar surface area (TPSA) is 76.5 Å². The van der Waals surface area contributed by atoms with E-state index in [9.17, 15) is 9.59 Å². The second-order valence-electron chi connectivity index (χ2n) is 7.65. The van der Waals surface area contributed by atoms with Gasteiger partial charge in [0, 0.05) is 24.9 Å². The summed E-state index contributed by atoms with van der Waals surface area (Å²) in [7, 11) is 0. The van der Waals surface area contributed by atoms with Gasteiger partial charge in [0.2, 0.25) is 5.91 Å². The van der Waals surface area contributed by atoms with Crippen LogP contribution < -0.4 is 5.32 Å². The van der Waals surface area contributed by atoms with Crippen molar-refractivity contribution in [3.05, 3.63) is 18.0 Å². The first kappa shape index (κ1) is 18.9. The summed E-state index contributed by atoms with van der Waals surface area (Å²) in [6.07, 6.45) is 9.83. The monoisotopic (exact) mass is 362 g/mol. The van der Waals surface area contributed by atoms with Crippen LogP contribution in [0.1, 0.15) is 62.7 Å².